The summed E-state index contributed by atoms with van der Waals surface area (Å²) in [5, 5.41) is 0. The zero-order valence-electron chi connectivity index (χ0n) is 10.8. The van der Waals surface area contributed by atoms with Crippen LogP contribution in [0.2, 0.25) is 0 Å². The topological polar surface area (TPSA) is 38.5 Å². The zero-order valence-corrected chi connectivity index (χ0v) is 12.4. The van der Waals surface area contributed by atoms with Gasteiger partial charge in [-0.05, 0) is 26.1 Å². The minimum atomic E-state index is -0.0959. The number of hydrogen-bond acceptors (Lipinski definition) is 3. The molecule has 4 heteroatoms. The summed E-state index contributed by atoms with van der Waals surface area (Å²) in [5.74, 6) is 0.950. The van der Waals surface area contributed by atoms with Crippen LogP contribution in [0.5, 0.6) is 5.75 Å². The highest BCUT2D eigenvalue weighted by Crippen LogP contribution is 2.44. The van der Waals surface area contributed by atoms with Crippen LogP contribution in [0.3, 0.4) is 0 Å². The van der Waals surface area contributed by atoms with E-state index in [9.17, 15) is 0 Å². The summed E-state index contributed by atoms with van der Waals surface area (Å²) in [6.45, 7) is 3.22. The van der Waals surface area contributed by atoms with Crippen molar-refractivity contribution in [2.45, 2.75) is 37.5 Å². The van der Waals surface area contributed by atoms with Crippen LogP contribution in [0.4, 0.5) is 0 Å². The molecular formula is C14H19BrN2O. The summed E-state index contributed by atoms with van der Waals surface area (Å²) < 4.78 is 7.37. The highest BCUT2D eigenvalue weighted by Gasteiger charge is 2.46. The summed E-state index contributed by atoms with van der Waals surface area (Å²) >= 11 is 3.50. The molecule has 3 atom stereocenters. The van der Waals surface area contributed by atoms with E-state index in [2.05, 4.69) is 40.9 Å². The van der Waals surface area contributed by atoms with Gasteiger partial charge in [0.1, 0.15) is 11.4 Å². The Morgan fingerprint density at radius 2 is 2.22 bits per heavy atom. The Balaban J connectivity index is 1.96. The second kappa shape index (κ2) is 4.22. The van der Waals surface area contributed by atoms with Gasteiger partial charge in [-0.2, -0.15) is 0 Å². The monoisotopic (exact) mass is 310 g/mol. The maximum atomic E-state index is 6.33. The van der Waals surface area contributed by atoms with Crippen molar-refractivity contribution in [1.82, 2.24) is 4.90 Å². The van der Waals surface area contributed by atoms with Crippen LogP contribution >= 0.6 is 15.9 Å². The highest BCUT2D eigenvalue weighted by atomic mass is 79.9. The van der Waals surface area contributed by atoms with Crippen molar-refractivity contribution in [3.8, 4) is 5.75 Å². The highest BCUT2D eigenvalue weighted by molar-refractivity contribution is 9.10. The van der Waals surface area contributed by atoms with Gasteiger partial charge in [0.25, 0.3) is 0 Å². The van der Waals surface area contributed by atoms with Crippen LogP contribution in [-0.4, -0.2) is 30.1 Å². The first-order valence-corrected chi connectivity index (χ1v) is 7.23. The molecule has 1 spiro atoms. The minimum absolute atomic E-state index is 0.0838. The van der Waals surface area contributed by atoms with Crippen LogP contribution in [-0.2, 0) is 0 Å². The number of ether oxygens (including phenoxy) is 1. The third-order valence-electron chi connectivity index (χ3n) is 4.25. The molecule has 3 unspecified atom stereocenters. The van der Waals surface area contributed by atoms with E-state index < -0.39 is 0 Å². The SMILES string of the molecule is CC1CC2(CC(N)c3ccc(Br)cc3O2)CN1C. The number of nitrogens with two attached hydrogens (primary N) is 1. The normalized spacial score (nSPS) is 35.6. The molecule has 3 rings (SSSR count). The van der Waals surface area contributed by atoms with Crippen LogP contribution in [0.25, 0.3) is 0 Å². The second-order valence-electron chi connectivity index (χ2n) is 5.75. The summed E-state index contributed by atoms with van der Waals surface area (Å²) in [4.78, 5) is 2.36. The van der Waals surface area contributed by atoms with Gasteiger partial charge in [-0.25, -0.2) is 0 Å². The molecule has 0 bridgehead atoms. The van der Waals surface area contributed by atoms with Crippen LogP contribution in [0, 0.1) is 0 Å². The third kappa shape index (κ3) is 1.96. The Bertz CT molecular complexity index is 467. The van der Waals surface area contributed by atoms with Crippen molar-refractivity contribution in [2.75, 3.05) is 13.6 Å². The third-order valence-corrected chi connectivity index (χ3v) is 4.74. The van der Waals surface area contributed by atoms with Gasteiger partial charge in [0, 0.05) is 41.5 Å². The van der Waals surface area contributed by atoms with Gasteiger partial charge in [-0.15, -0.1) is 0 Å². The van der Waals surface area contributed by atoms with E-state index in [1.54, 1.807) is 0 Å². The molecule has 3 nitrogen and oxygen atoms in total. The number of likely N-dealkylation sites (tertiary alicyclic amines) is 1. The van der Waals surface area contributed by atoms with E-state index in [4.69, 9.17) is 10.5 Å². The lowest BCUT2D eigenvalue weighted by Crippen LogP contribution is -2.44. The summed E-state index contributed by atoms with van der Waals surface area (Å²) in [7, 11) is 2.16. The van der Waals surface area contributed by atoms with Gasteiger partial charge in [-0.1, -0.05) is 22.0 Å². The molecule has 0 saturated carbocycles. The second-order valence-corrected chi connectivity index (χ2v) is 6.66. The number of likely N-dealkylation sites (N-methyl/N-ethyl adjacent to an activating group) is 1. The van der Waals surface area contributed by atoms with Gasteiger partial charge < -0.3 is 10.5 Å². The van der Waals surface area contributed by atoms with Crippen molar-refractivity contribution in [1.29, 1.82) is 0 Å². The van der Waals surface area contributed by atoms with Crippen molar-refractivity contribution in [3.05, 3.63) is 28.2 Å². The van der Waals surface area contributed by atoms with Crippen molar-refractivity contribution in [2.24, 2.45) is 5.73 Å². The maximum absolute atomic E-state index is 6.33. The lowest BCUT2D eigenvalue weighted by atomic mass is 9.86. The molecule has 0 aliphatic carbocycles. The number of halogens is 1. The molecule has 2 N–H and O–H groups in total. The van der Waals surface area contributed by atoms with E-state index in [1.165, 1.54) is 0 Å². The Labute approximate surface area is 116 Å². The predicted octanol–water partition coefficient (Wildman–Crippen LogP) is 2.69. The lowest BCUT2D eigenvalue weighted by molar-refractivity contribution is 0.0463. The molecule has 1 fully saturated rings. The average molecular weight is 311 g/mol. The van der Waals surface area contributed by atoms with E-state index in [0.29, 0.717) is 6.04 Å². The number of fused-ring (bicyclic) bond motifs is 1. The summed E-state index contributed by atoms with van der Waals surface area (Å²) in [6.07, 6.45) is 1.97. The minimum Gasteiger partial charge on any atom is -0.485 e. The first kappa shape index (κ1) is 12.5. The molecule has 0 radical (unpaired) electrons. The number of benzene rings is 1. The fourth-order valence-electron chi connectivity index (χ4n) is 3.28. The first-order valence-electron chi connectivity index (χ1n) is 6.43. The Hall–Kier alpha value is -0.580. The Morgan fingerprint density at radius 1 is 1.44 bits per heavy atom. The molecule has 0 amide bonds. The summed E-state index contributed by atoms with van der Waals surface area (Å²) in [5.41, 5.74) is 7.36. The van der Waals surface area contributed by atoms with Crippen molar-refractivity contribution >= 4 is 15.9 Å². The standard InChI is InChI=1S/C14H19BrN2O/c1-9-6-14(8-17(9)2)7-12(16)11-4-3-10(15)5-13(11)18-14/h3-5,9,12H,6-8,16H2,1-2H3. The quantitative estimate of drug-likeness (QED) is 0.800. The fraction of sp³-hybridized carbons (Fsp3) is 0.571. The Kier molecular flexibility index (Phi) is 2.92. The zero-order chi connectivity index (χ0) is 12.9. The molecule has 1 aromatic rings. The molecule has 2 aliphatic heterocycles. The largest absolute Gasteiger partial charge is 0.485 e. The molecule has 98 valence electrons. The van der Waals surface area contributed by atoms with E-state index in [-0.39, 0.29) is 11.6 Å². The maximum Gasteiger partial charge on any atom is 0.126 e. The van der Waals surface area contributed by atoms with Gasteiger partial charge in [-0.3, -0.25) is 4.90 Å². The number of nitrogens with zero attached hydrogens (tertiary/aromatic N) is 1. The van der Waals surface area contributed by atoms with Crippen LogP contribution in [0.1, 0.15) is 31.4 Å². The van der Waals surface area contributed by atoms with Crippen molar-refractivity contribution < 1.29 is 4.74 Å². The van der Waals surface area contributed by atoms with E-state index in [0.717, 1.165) is 35.2 Å². The molecule has 1 saturated heterocycles. The van der Waals surface area contributed by atoms with Gasteiger partial charge in [0.2, 0.25) is 0 Å². The molecular weight excluding hydrogens is 292 g/mol. The molecule has 18 heavy (non-hydrogen) atoms. The van der Waals surface area contributed by atoms with E-state index >= 15 is 0 Å². The van der Waals surface area contributed by atoms with Gasteiger partial charge in [0.15, 0.2) is 0 Å². The number of hydrogen-bond donors (Lipinski definition) is 1. The summed E-state index contributed by atoms with van der Waals surface area (Å²) in [6, 6.07) is 6.79. The van der Waals surface area contributed by atoms with Crippen LogP contribution < -0.4 is 10.5 Å². The first-order chi connectivity index (χ1) is 8.49. The van der Waals surface area contributed by atoms with Crippen molar-refractivity contribution in [3.63, 3.8) is 0 Å². The molecule has 1 aromatic carbocycles. The Morgan fingerprint density at radius 3 is 2.89 bits per heavy atom. The molecule has 2 heterocycles. The fourth-order valence-corrected chi connectivity index (χ4v) is 3.62. The predicted molar refractivity (Wildman–Crippen MR) is 75.8 cm³/mol. The average Bonchev–Trinajstić information content (AvgIpc) is 2.52. The van der Waals surface area contributed by atoms with Gasteiger partial charge in [0.05, 0.1) is 0 Å². The molecule has 2 aliphatic rings. The van der Waals surface area contributed by atoms with Gasteiger partial charge >= 0.3 is 0 Å². The van der Waals surface area contributed by atoms with E-state index in [1.807, 2.05) is 12.1 Å². The lowest BCUT2D eigenvalue weighted by Gasteiger charge is -2.38. The smallest absolute Gasteiger partial charge is 0.126 e. The number of rotatable bonds is 0. The molecule has 0 aromatic heterocycles. The van der Waals surface area contributed by atoms with Crippen LogP contribution in [0.15, 0.2) is 22.7 Å².